The molecule has 1 unspecified atom stereocenters. The van der Waals surface area contributed by atoms with Gasteiger partial charge in [0.15, 0.2) is 0 Å². The summed E-state index contributed by atoms with van der Waals surface area (Å²) in [5.74, 6) is 0.857. The van der Waals surface area contributed by atoms with E-state index in [0.29, 0.717) is 5.56 Å². The summed E-state index contributed by atoms with van der Waals surface area (Å²) in [5.41, 5.74) is 0.403. The molecule has 102 valence electrons. The first-order valence-electron chi connectivity index (χ1n) is 6.17. The molecule has 1 aromatic heterocycles. The normalized spacial score (nSPS) is 19.8. The number of hydrogen-bond donors (Lipinski definition) is 1. The molecule has 1 aromatic rings. The Morgan fingerprint density at radius 1 is 1.42 bits per heavy atom. The summed E-state index contributed by atoms with van der Waals surface area (Å²) < 4.78 is 0. The van der Waals surface area contributed by atoms with Crippen LogP contribution in [0.5, 0.6) is 0 Å². The quantitative estimate of drug-likeness (QED) is 0.893. The maximum atomic E-state index is 12.4. The van der Waals surface area contributed by atoms with Crippen LogP contribution in [0.3, 0.4) is 0 Å². The van der Waals surface area contributed by atoms with Gasteiger partial charge in [-0.1, -0.05) is 0 Å². The Labute approximate surface area is 116 Å². The van der Waals surface area contributed by atoms with Gasteiger partial charge in [-0.2, -0.15) is 11.8 Å². The van der Waals surface area contributed by atoms with Crippen molar-refractivity contribution in [1.82, 2.24) is 9.88 Å². The van der Waals surface area contributed by atoms with Crippen LogP contribution in [0.2, 0.25) is 0 Å². The predicted octanol–water partition coefficient (Wildman–Crippen LogP) is 1.75. The van der Waals surface area contributed by atoms with Gasteiger partial charge in [0.2, 0.25) is 0 Å². The molecule has 0 aromatic carbocycles. The summed E-state index contributed by atoms with van der Waals surface area (Å²) in [7, 11) is 0. The van der Waals surface area contributed by atoms with Gasteiger partial charge in [0.1, 0.15) is 5.69 Å². The Bertz CT molecular complexity index is 475. The highest BCUT2D eigenvalue weighted by molar-refractivity contribution is 7.99. The van der Waals surface area contributed by atoms with Crippen molar-refractivity contribution >= 4 is 23.6 Å². The molecule has 0 spiro atoms. The number of thioether (sulfide) groups is 1. The summed E-state index contributed by atoms with van der Waals surface area (Å²) in [6.07, 6.45) is 2.33. The molecule has 1 N–H and O–H groups in total. The largest absolute Gasteiger partial charge is 0.477 e. The van der Waals surface area contributed by atoms with E-state index in [9.17, 15) is 9.59 Å². The zero-order valence-electron chi connectivity index (χ0n) is 10.7. The van der Waals surface area contributed by atoms with Crippen molar-refractivity contribution in [3.8, 4) is 0 Å². The predicted molar refractivity (Wildman–Crippen MR) is 73.6 cm³/mol. The average molecular weight is 280 g/mol. The van der Waals surface area contributed by atoms with E-state index in [1.54, 1.807) is 0 Å². The standard InChI is InChI=1S/C13H16N2O3S/c1-9-4-6-19-7-5-15(9)12(16)10-2-3-11(13(17)18)14-8-10/h2-3,8-9H,4-7H2,1H3,(H,17,18). The molecule has 19 heavy (non-hydrogen) atoms. The van der Waals surface area contributed by atoms with Gasteiger partial charge >= 0.3 is 5.97 Å². The first-order chi connectivity index (χ1) is 9.09. The van der Waals surface area contributed by atoms with Crippen LogP contribution in [0.4, 0.5) is 0 Å². The number of pyridine rings is 1. The molecule has 1 aliphatic rings. The maximum Gasteiger partial charge on any atom is 0.354 e. The molecule has 5 nitrogen and oxygen atoms in total. The topological polar surface area (TPSA) is 70.5 Å². The molecule has 0 aliphatic carbocycles. The molecule has 0 bridgehead atoms. The zero-order chi connectivity index (χ0) is 13.8. The van der Waals surface area contributed by atoms with E-state index in [2.05, 4.69) is 4.98 Å². The Morgan fingerprint density at radius 3 is 2.84 bits per heavy atom. The van der Waals surface area contributed by atoms with Gasteiger partial charge in [0.05, 0.1) is 5.56 Å². The molecule has 0 radical (unpaired) electrons. The van der Waals surface area contributed by atoms with Crippen LogP contribution < -0.4 is 0 Å². The van der Waals surface area contributed by atoms with Crippen molar-refractivity contribution in [2.75, 3.05) is 18.1 Å². The Morgan fingerprint density at radius 2 is 2.21 bits per heavy atom. The van der Waals surface area contributed by atoms with Crippen molar-refractivity contribution in [2.24, 2.45) is 0 Å². The lowest BCUT2D eigenvalue weighted by Gasteiger charge is -2.26. The minimum atomic E-state index is -1.08. The van der Waals surface area contributed by atoms with E-state index >= 15 is 0 Å². The highest BCUT2D eigenvalue weighted by Crippen LogP contribution is 2.18. The third-order valence-corrected chi connectivity index (χ3v) is 4.17. The van der Waals surface area contributed by atoms with E-state index in [4.69, 9.17) is 5.11 Å². The smallest absolute Gasteiger partial charge is 0.354 e. The zero-order valence-corrected chi connectivity index (χ0v) is 11.5. The summed E-state index contributed by atoms with van der Waals surface area (Å²) in [5, 5.41) is 8.78. The van der Waals surface area contributed by atoms with E-state index in [1.807, 2.05) is 23.6 Å². The molecule has 2 rings (SSSR count). The average Bonchev–Trinajstić information content (AvgIpc) is 2.63. The van der Waals surface area contributed by atoms with Crippen molar-refractivity contribution in [3.63, 3.8) is 0 Å². The lowest BCUT2D eigenvalue weighted by molar-refractivity contribution is 0.0680. The summed E-state index contributed by atoms with van der Waals surface area (Å²) in [4.78, 5) is 28.7. The molecule has 1 aliphatic heterocycles. The number of carbonyl (C=O) groups excluding carboxylic acids is 1. The van der Waals surface area contributed by atoms with E-state index in [1.165, 1.54) is 18.3 Å². The molecule has 0 saturated carbocycles. The van der Waals surface area contributed by atoms with Crippen LogP contribution in [0.25, 0.3) is 0 Å². The van der Waals surface area contributed by atoms with Crippen LogP contribution in [-0.4, -0.2) is 51.0 Å². The van der Waals surface area contributed by atoms with Crippen molar-refractivity contribution in [1.29, 1.82) is 0 Å². The lowest BCUT2D eigenvalue weighted by Crippen LogP contribution is -2.39. The lowest BCUT2D eigenvalue weighted by atomic mass is 10.1. The molecular formula is C13H16N2O3S. The van der Waals surface area contributed by atoms with Gasteiger partial charge in [0.25, 0.3) is 5.91 Å². The molecule has 1 fully saturated rings. The Kier molecular flexibility index (Phi) is 4.42. The van der Waals surface area contributed by atoms with Crippen molar-refractivity contribution in [2.45, 2.75) is 19.4 Å². The van der Waals surface area contributed by atoms with Gasteiger partial charge in [0, 0.05) is 24.5 Å². The van der Waals surface area contributed by atoms with Crippen LogP contribution in [0, 0.1) is 0 Å². The number of amides is 1. The van der Waals surface area contributed by atoms with E-state index in [0.717, 1.165) is 24.5 Å². The van der Waals surface area contributed by atoms with Gasteiger partial charge < -0.3 is 10.0 Å². The first-order valence-corrected chi connectivity index (χ1v) is 7.33. The number of aromatic nitrogens is 1. The highest BCUT2D eigenvalue weighted by atomic mass is 32.2. The summed E-state index contributed by atoms with van der Waals surface area (Å²) in [6.45, 7) is 2.77. The molecule has 2 heterocycles. The molecule has 1 saturated heterocycles. The van der Waals surface area contributed by atoms with E-state index < -0.39 is 5.97 Å². The molecular weight excluding hydrogens is 264 g/mol. The number of carboxylic acids is 1. The number of carboxylic acid groups (broad SMARTS) is 1. The van der Waals surface area contributed by atoms with Gasteiger partial charge in [-0.3, -0.25) is 4.79 Å². The fourth-order valence-electron chi connectivity index (χ4n) is 2.01. The van der Waals surface area contributed by atoms with Gasteiger partial charge in [-0.25, -0.2) is 9.78 Å². The SMILES string of the molecule is CC1CCSCCN1C(=O)c1ccc(C(=O)O)nc1. The number of rotatable bonds is 2. The fraction of sp³-hybridized carbons (Fsp3) is 0.462. The third kappa shape index (κ3) is 3.26. The van der Waals surface area contributed by atoms with Crippen LogP contribution in [0.1, 0.15) is 34.2 Å². The van der Waals surface area contributed by atoms with Crippen molar-refractivity contribution in [3.05, 3.63) is 29.6 Å². The monoisotopic (exact) mass is 280 g/mol. The van der Waals surface area contributed by atoms with Gasteiger partial charge in [-0.05, 0) is 31.2 Å². The van der Waals surface area contributed by atoms with E-state index in [-0.39, 0.29) is 17.6 Å². The first kappa shape index (κ1) is 13.9. The summed E-state index contributed by atoms with van der Waals surface area (Å²) >= 11 is 1.85. The second-order valence-corrected chi connectivity index (χ2v) is 5.71. The number of nitrogens with zero attached hydrogens (tertiary/aromatic N) is 2. The van der Waals surface area contributed by atoms with Crippen LogP contribution in [0.15, 0.2) is 18.3 Å². The third-order valence-electron chi connectivity index (χ3n) is 3.18. The Balaban J connectivity index is 2.15. The fourth-order valence-corrected chi connectivity index (χ4v) is 3.05. The van der Waals surface area contributed by atoms with Gasteiger partial charge in [-0.15, -0.1) is 0 Å². The Hall–Kier alpha value is -1.56. The second kappa shape index (κ2) is 6.06. The maximum absolute atomic E-state index is 12.4. The summed E-state index contributed by atoms with van der Waals surface area (Å²) in [6, 6.07) is 3.11. The minimum Gasteiger partial charge on any atom is -0.477 e. The number of aromatic carboxylic acids is 1. The molecule has 1 amide bonds. The van der Waals surface area contributed by atoms with Crippen molar-refractivity contribution < 1.29 is 14.7 Å². The number of hydrogen-bond acceptors (Lipinski definition) is 4. The molecule has 6 heteroatoms. The minimum absolute atomic E-state index is 0.0454. The molecule has 1 atom stereocenters. The van der Waals surface area contributed by atoms with Crippen LogP contribution >= 0.6 is 11.8 Å². The second-order valence-electron chi connectivity index (χ2n) is 4.49. The highest BCUT2D eigenvalue weighted by Gasteiger charge is 2.23. The van der Waals surface area contributed by atoms with Crippen LogP contribution in [-0.2, 0) is 0 Å². The number of carbonyl (C=O) groups is 2.